The second-order valence-corrected chi connectivity index (χ2v) is 8.37. The molecule has 4 aromatic rings. The highest BCUT2D eigenvalue weighted by Gasteiger charge is 2.18. The van der Waals surface area contributed by atoms with Crippen LogP contribution in [0.15, 0.2) is 89.4 Å². The zero-order chi connectivity index (χ0) is 19.8. The molecule has 0 atom stereocenters. The molecule has 1 nitrogen and oxygen atoms in total. The van der Waals surface area contributed by atoms with Gasteiger partial charge in [-0.05, 0) is 81.6 Å². The Morgan fingerprint density at radius 3 is 1.72 bits per heavy atom. The zero-order valence-corrected chi connectivity index (χ0v) is 17.4. The molecule has 2 heteroatoms. The lowest BCUT2D eigenvalue weighted by molar-refractivity contribution is 1.26. The first-order valence-electron chi connectivity index (χ1n) is 9.71. The second-order valence-electron chi connectivity index (χ2n) is 7.45. The monoisotopic (exact) mass is 435 g/mol. The Bertz CT molecular complexity index is 1280. The Morgan fingerprint density at radius 1 is 0.586 bits per heavy atom. The van der Waals surface area contributed by atoms with Gasteiger partial charge in [0.15, 0.2) is 0 Å². The normalized spacial score (nSPS) is 12.0. The van der Waals surface area contributed by atoms with Crippen LogP contribution in [-0.2, 0) is 12.8 Å². The maximum absolute atomic E-state index is 8.87. The Hall–Kier alpha value is -3.15. The molecule has 0 saturated heterocycles. The number of nitriles is 1. The van der Waals surface area contributed by atoms with E-state index in [2.05, 4.69) is 88.7 Å². The van der Waals surface area contributed by atoms with Crippen molar-refractivity contribution >= 4 is 15.9 Å². The van der Waals surface area contributed by atoms with Gasteiger partial charge >= 0.3 is 0 Å². The Kier molecular flexibility index (Phi) is 4.54. The third kappa shape index (κ3) is 3.28. The van der Waals surface area contributed by atoms with Crippen LogP contribution in [0.1, 0.15) is 27.8 Å². The SMILES string of the molecule is Brc1ccc2c(c1)-c1ccccc1C2.N#Cc1ccc2c(c1)-c1ccccc1C2. The van der Waals surface area contributed by atoms with Crippen LogP contribution in [0.5, 0.6) is 0 Å². The van der Waals surface area contributed by atoms with E-state index in [-0.39, 0.29) is 0 Å². The van der Waals surface area contributed by atoms with Crippen LogP contribution in [0.3, 0.4) is 0 Å². The largest absolute Gasteiger partial charge is 0.192 e. The quantitative estimate of drug-likeness (QED) is 0.248. The standard InChI is InChI=1S/C14H9N.C13H9Br/c15-9-10-5-6-12-8-11-3-1-2-4-13(11)14(12)7-10;14-11-6-5-10-7-9-3-1-2-4-12(9)13(10)8-11/h1-7H,8H2;1-6,8H,7H2. The zero-order valence-electron chi connectivity index (χ0n) is 15.8. The van der Waals surface area contributed by atoms with Gasteiger partial charge in [-0.25, -0.2) is 0 Å². The van der Waals surface area contributed by atoms with Crippen LogP contribution < -0.4 is 0 Å². The number of rotatable bonds is 0. The van der Waals surface area contributed by atoms with Gasteiger partial charge in [-0.3, -0.25) is 0 Å². The molecule has 2 aliphatic carbocycles. The minimum absolute atomic E-state index is 0.741. The molecule has 0 fully saturated rings. The van der Waals surface area contributed by atoms with Gasteiger partial charge in [0.05, 0.1) is 11.6 Å². The first-order chi connectivity index (χ1) is 14.2. The lowest BCUT2D eigenvalue weighted by Gasteiger charge is -2.00. The van der Waals surface area contributed by atoms with Gasteiger partial charge in [-0.15, -0.1) is 0 Å². The van der Waals surface area contributed by atoms with Gasteiger partial charge in [0, 0.05) is 4.47 Å². The number of benzene rings is 4. The van der Waals surface area contributed by atoms with E-state index < -0.39 is 0 Å². The van der Waals surface area contributed by atoms with Gasteiger partial charge in [0.25, 0.3) is 0 Å². The van der Waals surface area contributed by atoms with Crippen LogP contribution in [0.25, 0.3) is 22.3 Å². The predicted octanol–water partition coefficient (Wildman–Crippen LogP) is 7.15. The van der Waals surface area contributed by atoms with Crippen LogP contribution in [0.2, 0.25) is 0 Å². The molecule has 0 heterocycles. The van der Waals surface area contributed by atoms with Gasteiger partial charge in [0.1, 0.15) is 0 Å². The summed E-state index contributed by atoms with van der Waals surface area (Å²) in [5, 5.41) is 8.87. The number of fused-ring (bicyclic) bond motifs is 6. The smallest absolute Gasteiger partial charge is 0.0991 e. The highest BCUT2D eigenvalue weighted by Crippen LogP contribution is 2.38. The molecule has 0 bridgehead atoms. The summed E-state index contributed by atoms with van der Waals surface area (Å²) in [7, 11) is 0. The van der Waals surface area contributed by atoms with E-state index in [0.29, 0.717) is 0 Å². The molecule has 0 spiro atoms. The van der Waals surface area contributed by atoms with E-state index in [1.165, 1.54) is 44.5 Å². The van der Waals surface area contributed by atoms with Crippen LogP contribution in [0.4, 0.5) is 0 Å². The van der Waals surface area contributed by atoms with Crippen molar-refractivity contribution in [2.45, 2.75) is 12.8 Å². The molecular weight excluding hydrogens is 418 g/mol. The minimum Gasteiger partial charge on any atom is -0.192 e. The molecule has 0 amide bonds. The summed E-state index contributed by atoms with van der Waals surface area (Å²) in [5.41, 5.74) is 11.6. The number of hydrogen-bond donors (Lipinski definition) is 0. The van der Waals surface area contributed by atoms with Crippen molar-refractivity contribution in [3.63, 3.8) is 0 Å². The van der Waals surface area contributed by atoms with E-state index in [0.717, 1.165) is 22.9 Å². The maximum Gasteiger partial charge on any atom is 0.0991 e. The molecule has 2 aliphatic rings. The van der Waals surface area contributed by atoms with E-state index in [4.69, 9.17) is 5.26 Å². The van der Waals surface area contributed by atoms with Crippen molar-refractivity contribution in [2.24, 2.45) is 0 Å². The Labute approximate surface area is 179 Å². The van der Waals surface area contributed by atoms with Crippen molar-refractivity contribution in [3.05, 3.63) is 117 Å². The molecule has 0 radical (unpaired) electrons. The van der Waals surface area contributed by atoms with Crippen LogP contribution in [-0.4, -0.2) is 0 Å². The van der Waals surface area contributed by atoms with Gasteiger partial charge in [0.2, 0.25) is 0 Å². The maximum atomic E-state index is 8.87. The first-order valence-corrected chi connectivity index (χ1v) is 10.5. The summed E-state index contributed by atoms with van der Waals surface area (Å²) in [4.78, 5) is 0. The number of halogens is 1. The van der Waals surface area contributed by atoms with Crippen molar-refractivity contribution in [1.82, 2.24) is 0 Å². The topological polar surface area (TPSA) is 23.8 Å². The highest BCUT2D eigenvalue weighted by molar-refractivity contribution is 9.10. The molecule has 138 valence electrons. The van der Waals surface area contributed by atoms with Crippen molar-refractivity contribution in [3.8, 4) is 28.3 Å². The van der Waals surface area contributed by atoms with Gasteiger partial charge < -0.3 is 0 Å². The van der Waals surface area contributed by atoms with Crippen molar-refractivity contribution in [1.29, 1.82) is 5.26 Å². The summed E-state index contributed by atoms with van der Waals surface area (Å²) in [6.45, 7) is 0. The molecule has 0 aromatic heterocycles. The molecule has 0 saturated carbocycles. The summed E-state index contributed by atoms with van der Waals surface area (Å²) >= 11 is 3.52. The van der Waals surface area contributed by atoms with Crippen LogP contribution >= 0.6 is 15.9 Å². The minimum atomic E-state index is 0.741. The fourth-order valence-corrected chi connectivity index (χ4v) is 4.65. The Balaban J connectivity index is 0.000000125. The van der Waals surface area contributed by atoms with Gasteiger partial charge in [-0.2, -0.15) is 5.26 Å². The van der Waals surface area contributed by atoms with Crippen molar-refractivity contribution in [2.75, 3.05) is 0 Å². The molecule has 4 aromatic carbocycles. The molecule has 29 heavy (non-hydrogen) atoms. The van der Waals surface area contributed by atoms with Crippen LogP contribution in [0, 0.1) is 11.3 Å². The molecular formula is C27H18BrN. The van der Waals surface area contributed by atoms with E-state index in [1.807, 2.05) is 18.2 Å². The summed E-state index contributed by atoms with van der Waals surface area (Å²) < 4.78 is 1.16. The summed E-state index contributed by atoms with van der Waals surface area (Å²) in [6.07, 6.45) is 2.08. The molecule has 0 N–H and O–H groups in total. The molecule has 6 rings (SSSR count). The molecule has 0 unspecified atom stereocenters. The second kappa shape index (κ2) is 7.35. The lowest BCUT2D eigenvalue weighted by atomic mass is 10.0. The predicted molar refractivity (Wildman–Crippen MR) is 122 cm³/mol. The summed E-state index contributed by atoms with van der Waals surface area (Å²) in [6, 6.07) is 31.7. The van der Waals surface area contributed by atoms with E-state index >= 15 is 0 Å². The fraction of sp³-hybridized carbons (Fsp3) is 0.0741. The average molecular weight is 436 g/mol. The van der Waals surface area contributed by atoms with E-state index in [9.17, 15) is 0 Å². The van der Waals surface area contributed by atoms with E-state index in [1.54, 1.807) is 0 Å². The third-order valence-electron chi connectivity index (χ3n) is 5.69. The van der Waals surface area contributed by atoms with Gasteiger partial charge in [-0.1, -0.05) is 76.6 Å². The summed E-state index contributed by atoms with van der Waals surface area (Å²) in [5.74, 6) is 0. The Morgan fingerprint density at radius 2 is 1.10 bits per heavy atom. The number of nitrogens with zero attached hydrogens (tertiary/aromatic N) is 1. The number of hydrogen-bond acceptors (Lipinski definition) is 1. The highest BCUT2D eigenvalue weighted by atomic mass is 79.9. The lowest BCUT2D eigenvalue weighted by Crippen LogP contribution is -1.81. The van der Waals surface area contributed by atoms with Crippen molar-refractivity contribution < 1.29 is 0 Å². The fourth-order valence-electron chi connectivity index (χ4n) is 4.29. The third-order valence-corrected chi connectivity index (χ3v) is 6.18. The average Bonchev–Trinajstić information content (AvgIpc) is 3.31. The molecule has 0 aliphatic heterocycles. The first kappa shape index (κ1) is 17.9.